The summed E-state index contributed by atoms with van der Waals surface area (Å²) >= 11 is 0. The molecule has 2 rings (SSSR count). The van der Waals surface area contributed by atoms with Gasteiger partial charge < -0.3 is 10.5 Å². The number of hydrogen-bond acceptors (Lipinski definition) is 3. The number of pyridine rings is 1. The molecule has 0 fully saturated rings. The van der Waals surface area contributed by atoms with Crippen LogP contribution in [0.5, 0.6) is 5.75 Å². The topological polar surface area (TPSA) is 48.1 Å². The average molecular weight is 214 g/mol. The Morgan fingerprint density at radius 1 is 1.31 bits per heavy atom. The molecule has 82 valence electrons. The Bertz CT molecular complexity index is 483. The number of ether oxygens (including phenoxy) is 1. The third kappa shape index (κ3) is 2.04. The molecule has 2 aromatic rings. The molecule has 1 aromatic carbocycles. The summed E-state index contributed by atoms with van der Waals surface area (Å²) in [5.74, 6) is 0.845. The molecule has 0 aliphatic carbocycles. The van der Waals surface area contributed by atoms with Crippen LogP contribution < -0.4 is 10.5 Å². The zero-order valence-electron chi connectivity index (χ0n) is 9.18. The molecule has 0 aliphatic heterocycles. The normalized spacial score (nSPS) is 10.1. The summed E-state index contributed by atoms with van der Waals surface area (Å²) < 4.78 is 5.20. The van der Waals surface area contributed by atoms with Crippen LogP contribution in [0.4, 0.5) is 0 Å². The molecule has 0 bridgehead atoms. The molecule has 0 unspecified atom stereocenters. The van der Waals surface area contributed by atoms with Crippen LogP contribution in [0, 0.1) is 0 Å². The van der Waals surface area contributed by atoms with Gasteiger partial charge in [0.05, 0.1) is 7.11 Å². The van der Waals surface area contributed by atoms with Crippen molar-refractivity contribution in [2.75, 3.05) is 7.11 Å². The van der Waals surface area contributed by atoms with Gasteiger partial charge in [-0.1, -0.05) is 12.1 Å². The second-order valence-electron chi connectivity index (χ2n) is 3.47. The minimum Gasteiger partial charge on any atom is -0.497 e. The molecule has 2 N–H and O–H groups in total. The highest BCUT2D eigenvalue weighted by molar-refractivity contribution is 5.68. The van der Waals surface area contributed by atoms with Gasteiger partial charge in [0.15, 0.2) is 0 Å². The van der Waals surface area contributed by atoms with Gasteiger partial charge in [0.1, 0.15) is 5.75 Å². The number of aromatic nitrogens is 1. The Morgan fingerprint density at radius 2 is 2.19 bits per heavy atom. The Hall–Kier alpha value is -1.87. The quantitative estimate of drug-likeness (QED) is 0.852. The van der Waals surface area contributed by atoms with E-state index in [1.54, 1.807) is 19.5 Å². The van der Waals surface area contributed by atoms with Crippen LogP contribution in [-0.2, 0) is 6.54 Å². The highest BCUT2D eigenvalue weighted by Gasteiger charge is 2.04. The van der Waals surface area contributed by atoms with Gasteiger partial charge in [-0.15, -0.1) is 0 Å². The highest BCUT2D eigenvalue weighted by atomic mass is 16.5. The van der Waals surface area contributed by atoms with E-state index in [-0.39, 0.29) is 0 Å². The maximum Gasteiger partial charge on any atom is 0.119 e. The van der Waals surface area contributed by atoms with Crippen molar-refractivity contribution in [2.24, 2.45) is 5.73 Å². The predicted molar refractivity (Wildman–Crippen MR) is 64.1 cm³/mol. The van der Waals surface area contributed by atoms with Gasteiger partial charge in [0.25, 0.3) is 0 Å². The monoisotopic (exact) mass is 214 g/mol. The van der Waals surface area contributed by atoms with Crippen molar-refractivity contribution in [1.82, 2.24) is 4.98 Å². The van der Waals surface area contributed by atoms with E-state index in [4.69, 9.17) is 10.5 Å². The standard InChI is InChI=1S/C13H14N2O/c1-16-12-4-2-3-10(7-12)13-5-6-15-9-11(13)8-14/h2-7,9H,8,14H2,1H3. The zero-order chi connectivity index (χ0) is 11.4. The molecule has 0 atom stereocenters. The highest BCUT2D eigenvalue weighted by Crippen LogP contribution is 2.25. The number of hydrogen-bond donors (Lipinski definition) is 1. The van der Waals surface area contributed by atoms with E-state index < -0.39 is 0 Å². The lowest BCUT2D eigenvalue weighted by atomic mass is 10.0. The Balaban J connectivity index is 2.49. The fourth-order valence-electron chi connectivity index (χ4n) is 1.66. The van der Waals surface area contributed by atoms with Crippen molar-refractivity contribution in [3.63, 3.8) is 0 Å². The Morgan fingerprint density at radius 3 is 2.94 bits per heavy atom. The molecule has 16 heavy (non-hydrogen) atoms. The molecular weight excluding hydrogens is 200 g/mol. The fraction of sp³-hybridized carbons (Fsp3) is 0.154. The SMILES string of the molecule is COc1cccc(-c2ccncc2CN)c1. The maximum atomic E-state index is 5.69. The van der Waals surface area contributed by atoms with Gasteiger partial charge >= 0.3 is 0 Å². The van der Waals surface area contributed by atoms with E-state index in [0.717, 1.165) is 22.4 Å². The molecular formula is C13H14N2O. The second-order valence-corrected chi connectivity index (χ2v) is 3.47. The summed E-state index contributed by atoms with van der Waals surface area (Å²) in [6, 6.07) is 9.89. The smallest absolute Gasteiger partial charge is 0.119 e. The summed E-state index contributed by atoms with van der Waals surface area (Å²) in [7, 11) is 1.66. The van der Waals surface area contributed by atoms with Crippen LogP contribution in [0.2, 0.25) is 0 Å². The maximum absolute atomic E-state index is 5.69. The molecule has 0 aliphatic rings. The van der Waals surface area contributed by atoms with Gasteiger partial charge in [0, 0.05) is 18.9 Å². The molecule has 3 nitrogen and oxygen atoms in total. The first-order valence-electron chi connectivity index (χ1n) is 5.12. The summed E-state index contributed by atoms with van der Waals surface area (Å²) in [4.78, 5) is 4.07. The Kier molecular flexibility index (Phi) is 3.17. The van der Waals surface area contributed by atoms with Gasteiger partial charge in [-0.25, -0.2) is 0 Å². The Labute approximate surface area is 94.9 Å². The van der Waals surface area contributed by atoms with E-state index in [1.165, 1.54) is 0 Å². The van der Waals surface area contributed by atoms with Crippen LogP contribution in [-0.4, -0.2) is 12.1 Å². The number of methoxy groups -OCH3 is 1. The van der Waals surface area contributed by atoms with Gasteiger partial charge in [0.2, 0.25) is 0 Å². The van der Waals surface area contributed by atoms with Crippen molar-refractivity contribution >= 4 is 0 Å². The summed E-state index contributed by atoms with van der Waals surface area (Å²) in [5, 5.41) is 0. The fourth-order valence-corrected chi connectivity index (χ4v) is 1.66. The predicted octanol–water partition coefficient (Wildman–Crippen LogP) is 2.22. The van der Waals surface area contributed by atoms with E-state index in [0.29, 0.717) is 6.54 Å². The molecule has 1 heterocycles. The lowest BCUT2D eigenvalue weighted by Gasteiger charge is -2.08. The van der Waals surface area contributed by atoms with E-state index in [9.17, 15) is 0 Å². The summed E-state index contributed by atoms with van der Waals surface area (Å²) in [6.45, 7) is 0.486. The number of rotatable bonds is 3. The number of nitrogens with two attached hydrogens (primary N) is 1. The van der Waals surface area contributed by atoms with E-state index in [2.05, 4.69) is 4.98 Å². The first-order chi connectivity index (χ1) is 7.85. The van der Waals surface area contributed by atoms with Crippen molar-refractivity contribution in [3.05, 3.63) is 48.3 Å². The molecule has 0 saturated carbocycles. The number of benzene rings is 1. The van der Waals surface area contributed by atoms with E-state index >= 15 is 0 Å². The summed E-state index contributed by atoms with van der Waals surface area (Å²) in [6.07, 6.45) is 3.57. The van der Waals surface area contributed by atoms with Gasteiger partial charge in [-0.3, -0.25) is 4.98 Å². The van der Waals surface area contributed by atoms with Gasteiger partial charge in [-0.05, 0) is 34.9 Å². The lowest BCUT2D eigenvalue weighted by Crippen LogP contribution is -1.99. The van der Waals surface area contributed by atoms with Crippen LogP contribution >= 0.6 is 0 Å². The molecule has 3 heteroatoms. The first kappa shape index (κ1) is 10.6. The van der Waals surface area contributed by atoms with E-state index in [1.807, 2.05) is 30.3 Å². The second kappa shape index (κ2) is 4.77. The zero-order valence-corrected chi connectivity index (χ0v) is 9.18. The van der Waals surface area contributed by atoms with Crippen LogP contribution in [0.25, 0.3) is 11.1 Å². The largest absolute Gasteiger partial charge is 0.497 e. The van der Waals surface area contributed by atoms with Crippen molar-refractivity contribution in [1.29, 1.82) is 0 Å². The van der Waals surface area contributed by atoms with Gasteiger partial charge in [-0.2, -0.15) is 0 Å². The molecule has 1 aromatic heterocycles. The third-order valence-corrected chi connectivity index (χ3v) is 2.50. The van der Waals surface area contributed by atoms with Crippen molar-refractivity contribution < 1.29 is 4.74 Å². The third-order valence-electron chi connectivity index (χ3n) is 2.50. The number of nitrogens with zero attached hydrogens (tertiary/aromatic N) is 1. The summed E-state index contributed by atoms with van der Waals surface area (Å²) in [5.41, 5.74) is 8.93. The molecule has 0 amide bonds. The van der Waals surface area contributed by atoms with Crippen LogP contribution in [0.1, 0.15) is 5.56 Å². The first-order valence-corrected chi connectivity index (χ1v) is 5.12. The minimum absolute atomic E-state index is 0.486. The molecule has 0 radical (unpaired) electrons. The lowest BCUT2D eigenvalue weighted by molar-refractivity contribution is 0.415. The molecule has 0 saturated heterocycles. The van der Waals surface area contributed by atoms with Crippen LogP contribution in [0.15, 0.2) is 42.7 Å². The molecule has 0 spiro atoms. The van der Waals surface area contributed by atoms with Crippen molar-refractivity contribution in [2.45, 2.75) is 6.54 Å². The minimum atomic E-state index is 0.486. The average Bonchev–Trinajstić information content (AvgIpc) is 2.38. The van der Waals surface area contributed by atoms with Crippen LogP contribution in [0.3, 0.4) is 0 Å². The van der Waals surface area contributed by atoms with Crippen molar-refractivity contribution in [3.8, 4) is 16.9 Å².